The molecule has 0 aliphatic carbocycles. The van der Waals surface area contributed by atoms with Crippen molar-refractivity contribution in [1.82, 2.24) is 15.8 Å². The van der Waals surface area contributed by atoms with Crippen LogP contribution in [0, 0.1) is 6.92 Å². The Morgan fingerprint density at radius 3 is 2.70 bits per heavy atom. The van der Waals surface area contributed by atoms with Crippen molar-refractivity contribution in [3.63, 3.8) is 0 Å². The lowest BCUT2D eigenvalue weighted by molar-refractivity contribution is -0.118. The van der Waals surface area contributed by atoms with Gasteiger partial charge in [0.15, 0.2) is 11.5 Å². The summed E-state index contributed by atoms with van der Waals surface area (Å²) in [6.45, 7) is 3.76. The normalized spacial score (nSPS) is 10.3. The van der Waals surface area contributed by atoms with Gasteiger partial charge >= 0.3 is 0 Å². The predicted octanol–water partition coefficient (Wildman–Crippen LogP) is 1.11. The van der Waals surface area contributed by atoms with E-state index in [2.05, 4.69) is 15.8 Å². The van der Waals surface area contributed by atoms with Crippen LogP contribution in [0.4, 0.5) is 0 Å². The molecule has 0 radical (unpaired) electrons. The lowest BCUT2D eigenvalue weighted by Crippen LogP contribution is -2.33. The van der Waals surface area contributed by atoms with Gasteiger partial charge in [-0.1, -0.05) is 5.16 Å². The molecule has 0 unspecified atom stereocenters. The molecule has 0 bridgehead atoms. The maximum Gasteiger partial charge on any atom is 0.257 e. The second kappa shape index (κ2) is 6.05. The Balaban J connectivity index is 2.06. The highest BCUT2D eigenvalue weighted by Gasteiger charge is 2.22. The van der Waals surface area contributed by atoms with Gasteiger partial charge in [-0.2, -0.15) is 0 Å². The van der Waals surface area contributed by atoms with Crippen molar-refractivity contribution in [2.45, 2.75) is 13.8 Å². The summed E-state index contributed by atoms with van der Waals surface area (Å²) >= 11 is 0. The molecule has 0 atom stereocenters. The number of aromatic nitrogens is 1. The molecule has 2 heterocycles. The van der Waals surface area contributed by atoms with E-state index in [-0.39, 0.29) is 11.8 Å². The van der Waals surface area contributed by atoms with Gasteiger partial charge in [0.1, 0.15) is 11.3 Å². The Morgan fingerprint density at radius 1 is 1.30 bits per heavy atom. The first kappa shape index (κ1) is 13.9. The van der Waals surface area contributed by atoms with Gasteiger partial charge in [0.05, 0.1) is 6.26 Å². The van der Waals surface area contributed by atoms with Gasteiger partial charge in [0.2, 0.25) is 5.91 Å². The highest BCUT2D eigenvalue weighted by atomic mass is 16.5. The minimum absolute atomic E-state index is 0.142. The van der Waals surface area contributed by atoms with Crippen molar-refractivity contribution in [1.29, 1.82) is 0 Å². The van der Waals surface area contributed by atoms with E-state index >= 15 is 0 Å². The maximum absolute atomic E-state index is 12.1. The van der Waals surface area contributed by atoms with Crippen molar-refractivity contribution >= 4 is 11.8 Å². The van der Waals surface area contributed by atoms with E-state index in [0.29, 0.717) is 35.9 Å². The Kier molecular flexibility index (Phi) is 4.19. The number of amides is 2. The standard InChI is InChI=1S/C13H15N3O4/c1-8-11(13(18)15-6-5-14-9(2)17)12(16-20-8)10-4-3-7-19-10/h3-4,7H,5-6H2,1-2H3,(H,14,17)(H,15,18). The SMILES string of the molecule is CC(=O)NCCNC(=O)c1c(-c2ccco2)noc1C. The minimum Gasteiger partial charge on any atom is -0.463 e. The van der Waals surface area contributed by atoms with E-state index in [1.807, 2.05) is 0 Å². The molecular weight excluding hydrogens is 262 g/mol. The zero-order valence-corrected chi connectivity index (χ0v) is 11.2. The van der Waals surface area contributed by atoms with Crippen LogP contribution in [-0.4, -0.2) is 30.1 Å². The summed E-state index contributed by atoms with van der Waals surface area (Å²) < 4.78 is 10.3. The van der Waals surface area contributed by atoms with Gasteiger partial charge in [-0.3, -0.25) is 9.59 Å². The van der Waals surface area contributed by atoms with Crippen LogP contribution in [0.25, 0.3) is 11.5 Å². The van der Waals surface area contributed by atoms with Gasteiger partial charge in [-0.15, -0.1) is 0 Å². The first-order valence-electron chi connectivity index (χ1n) is 6.12. The third-order valence-corrected chi connectivity index (χ3v) is 2.63. The van der Waals surface area contributed by atoms with Gasteiger partial charge in [-0.05, 0) is 19.1 Å². The number of rotatable bonds is 5. The first-order chi connectivity index (χ1) is 9.59. The van der Waals surface area contributed by atoms with Crippen LogP contribution in [0.5, 0.6) is 0 Å². The molecule has 2 aromatic heterocycles. The first-order valence-corrected chi connectivity index (χ1v) is 6.12. The Bertz CT molecular complexity index is 601. The number of nitrogens with one attached hydrogen (secondary N) is 2. The second-order valence-corrected chi connectivity index (χ2v) is 4.18. The zero-order chi connectivity index (χ0) is 14.5. The fourth-order valence-corrected chi connectivity index (χ4v) is 1.72. The number of hydrogen-bond donors (Lipinski definition) is 2. The molecule has 0 aliphatic heterocycles. The average molecular weight is 277 g/mol. The van der Waals surface area contributed by atoms with Crippen LogP contribution < -0.4 is 10.6 Å². The van der Waals surface area contributed by atoms with Crippen LogP contribution >= 0.6 is 0 Å². The minimum atomic E-state index is -0.319. The monoisotopic (exact) mass is 277 g/mol. The van der Waals surface area contributed by atoms with Crippen LogP contribution in [-0.2, 0) is 4.79 Å². The van der Waals surface area contributed by atoms with Crippen molar-refractivity contribution < 1.29 is 18.5 Å². The second-order valence-electron chi connectivity index (χ2n) is 4.18. The molecule has 0 saturated carbocycles. The van der Waals surface area contributed by atoms with E-state index in [1.54, 1.807) is 19.1 Å². The summed E-state index contributed by atoms with van der Waals surface area (Å²) in [6.07, 6.45) is 1.50. The molecule has 0 aliphatic rings. The van der Waals surface area contributed by atoms with Gasteiger partial charge < -0.3 is 19.6 Å². The van der Waals surface area contributed by atoms with Gasteiger partial charge in [0.25, 0.3) is 5.91 Å². The Labute approximate surface area is 115 Å². The highest BCUT2D eigenvalue weighted by Crippen LogP contribution is 2.25. The number of furan rings is 1. The molecule has 7 heteroatoms. The molecule has 106 valence electrons. The molecule has 0 spiro atoms. The Morgan fingerprint density at radius 2 is 2.05 bits per heavy atom. The summed E-state index contributed by atoms with van der Waals surface area (Å²) in [6, 6.07) is 3.41. The molecule has 0 saturated heterocycles. The summed E-state index contributed by atoms with van der Waals surface area (Å²) in [7, 11) is 0. The van der Waals surface area contributed by atoms with Crippen molar-refractivity contribution in [2.24, 2.45) is 0 Å². The predicted molar refractivity (Wildman–Crippen MR) is 70.0 cm³/mol. The summed E-state index contributed by atoms with van der Waals surface area (Å²) in [5, 5.41) is 9.12. The third-order valence-electron chi connectivity index (χ3n) is 2.63. The van der Waals surface area contributed by atoms with E-state index in [0.717, 1.165) is 0 Å². The van der Waals surface area contributed by atoms with Crippen molar-refractivity contribution in [2.75, 3.05) is 13.1 Å². The van der Waals surface area contributed by atoms with E-state index in [9.17, 15) is 9.59 Å². The largest absolute Gasteiger partial charge is 0.463 e. The fraction of sp³-hybridized carbons (Fsp3) is 0.308. The molecule has 20 heavy (non-hydrogen) atoms. The highest BCUT2D eigenvalue weighted by molar-refractivity contribution is 6.00. The number of aryl methyl sites for hydroxylation is 1. The molecule has 2 N–H and O–H groups in total. The molecule has 0 aromatic carbocycles. The Hall–Kier alpha value is -2.57. The van der Waals surface area contributed by atoms with E-state index < -0.39 is 0 Å². The van der Waals surface area contributed by atoms with Crippen LogP contribution in [0.3, 0.4) is 0 Å². The fourth-order valence-electron chi connectivity index (χ4n) is 1.72. The molecule has 2 aromatic rings. The molecule has 0 fully saturated rings. The average Bonchev–Trinajstić information content (AvgIpc) is 3.02. The van der Waals surface area contributed by atoms with Crippen LogP contribution in [0.15, 0.2) is 27.3 Å². The summed E-state index contributed by atoms with van der Waals surface area (Å²) in [4.78, 5) is 22.8. The van der Waals surface area contributed by atoms with E-state index in [4.69, 9.17) is 8.94 Å². The number of carbonyl (C=O) groups excluding carboxylic acids is 2. The number of hydrogen-bond acceptors (Lipinski definition) is 5. The van der Waals surface area contributed by atoms with Gasteiger partial charge in [-0.25, -0.2) is 0 Å². The van der Waals surface area contributed by atoms with Crippen LogP contribution in [0.2, 0.25) is 0 Å². The lowest BCUT2D eigenvalue weighted by atomic mass is 10.1. The van der Waals surface area contributed by atoms with Crippen molar-refractivity contribution in [3.8, 4) is 11.5 Å². The number of carbonyl (C=O) groups is 2. The summed E-state index contributed by atoms with van der Waals surface area (Å²) in [5.74, 6) is 0.416. The maximum atomic E-state index is 12.1. The topological polar surface area (TPSA) is 97.4 Å². The molecule has 2 rings (SSSR count). The number of nitrogens with zero attached hydrogens (tertiary/aromatic N) is 1. The smallest absolute Gasteiger partial charge is 0.257 e. The van der Waals surface area contributed by atoms with Crippen LogP contribution in [0.1, 0.15) is 23.0 Å². The zero-order valence-electron chi connectivity index (χ0n) is 11.2. The molecule has 7 nitrogen and oxygen atoms in total. The molecule has 2 amide bonds. The van der Waals surface area contributed by atoms with Crippen molar-refractivity contribution in [3.05, 3.63) is 29.7 Å². The summed E-state index contributed by atoms with van der Waals surface area (Å²) in [5.41, 5.74) is 0.701. The van der Waals surface area contributed by atoms with Gasteiger partial charge in [0, 0.05) is 20.0 Å². The lowest BCUT2D eigenvalue weighted by Gasteiger charge is -2.05. The third kappa shape index (κ3) is 3.05. The quantitative estimate of drug-likeness (QED) is 0.798. The molecular formula is C13H15N3O4. The van der Waals surface area contributed by atoms with E-state index in [1.165, 1.54) is 13.2 Å².